The zero-order chi connectivity index (χ0) is 10.7. The van der Waals surface area contributed by atoms with Gasteiger partial charge in [0.25, 0.3) is 0 Å². The van der Waals surface area contributed by atoms with Gasteiger partial charge < -0.3 is 15.3 Å². The highest BCUT2D eigenvalue weighted by Gasteiger charge is 2.29. The SMILES string of the molecule is CN1CCCCC1CNCC(O)C1CC1. The third kappa shape index (κ3) is 3.44. The average molecular weight is 212 g/mol. The minimum Gasteiger partial charge on any atom is -0.392 e. The molecule has 88 valence electrons. The van der Waals surface area contributed by atoms with Gasteiger partial charge in [0.15, 0.2) is 0 Å². The molecule has 0 radical (unpaired) electrons. The first kappa shape index (κ1) is 11.4. The van der Waals surface area contributed by atoms with E-state index in [9.17, 15) is 5.11 Å². The number of nitrogens with one attached hydrogen (secondary N) is 1. The van der Waals surface area contributed by atoms with Crippen LogP contribution in [0.4, 0.5) is 0 Å². The van der Waals surface area contributed by atoms with Gasteiger partial charge in [-0.1, -0.05) is 6.42 Å². The predicted molar refractivity (Wildman–Crippen MR) is 61.9 cm³/mol. The molecular weight excluding hydrogens is 188 g/mol. The molecule has 2 fully saturated rings. The monoisotopic (exact) mass is 212 g/mol. The second-order valence-corrected chi connectivity index (χ2v) is 5.19. The van der Waals surface area contributed by atoms with Gasteiger partial charge in [-0.2, -0.15) is 0 Å². The fourth-order valence-electron chi connectivity index (χ4n) is 2.45. The number of nitrogens with zero attached hydrogens (tertiary/aromatic N) is 1. The molecule has 2 N–H and O–H groups in total. The van der Waals surface area contributed by atoms with E-state index in [-0.39, 0.29) is 6.10 Å². The Bertz CT molecular complexity index is 194. The van der Waals surface area contributed by atoms with Crippen molar-refractivity contribution in [3.8, 4) is 0 Å². The summed E-state index contributed by atoms with van der Waals surface area (Å²) in [5.74, 6) is 0.599. The first-order valence-corrected chi connectivity index (χ1v) is 6.36. The topological polar surface area (TPSA) is 35.5 Å². The van der Waals surface area contributed by atoms with Gasteiger partial charge in [0, 0.05) is 19.1 Å². The summed E-state index contributed by atoms with van der Waals surface area (Å²) in [6.07, 6.45) is 6.37. The maximum Gasteiger partial charge on any atom is 0.0692 e. The third-order valence-corrected chi connectivity index (χ3v) is 3.82. The van der Waals surface area contributed by atoms with Crippen molar-refractivity contribution in [2.75, 3.05) is 26.7 Å². The van der Waals surface area contributed by atoms with Crippen molar-refractivity contribution in [3.63, 3.8) is 0 Å². The summed E-state index contributed by atoms with van der Waals surface area (Å²) in [4.78, 5) is 2.44. The van der Waals surface area contributed by atoms with Gasteiger partial charge in [0.05, 0.1) is 6.10 Å². The number of likely N-dealkylation sites (N-methyl/N-ethyl adjacent to an activating group) is 1. The molecule has 0 aromatic heterocycles. The molecule has 1 aliphatic carbocycles. The maximum atomic E-state index is 9.71. The van der Waals surface area contributed by atoms with Gasteiger partial charge in [-0.25, -0.2) is 0 Å². The minimum atomic E-state index is -0.0982. The number of hydrogen-bond acceptors (Lipinski definition) is 3. The maximum absolute atomic E-state index is 9.71. The lowest BCUT2D eigenvalue weighted by atomic mass is 10.0. The lowest BCUT2D eigenvalue weighted by Crippen LogP contribution is -2.44. The molecule has 1 heterocycles. The van der Waals surface area contributed by atoms with Crippen LogP contribution >= 0.6 is 0 Å². The number of piperidine rings is 1. The van der Waals surface area contributed by atoms with Crippen molar-refractivity contribution in [2.45, 2.75) is 44.2 Å². The van der Waals surface area contributed by atoms with Crippen LogP contribution in [0.3, 0.4) is 0 Å². The molecule has 0 aromatic rings. The number of rotatable bonds is 5. The van der Waals surface area contributed by atoms with Crippen LogP contribution in [0.2, 0.25) is 0 Å². The lowest BCUT2D eigenvalue weighted by Gasteiger charge is -2.32. The zero-order valence-electron chi connectivity index (χ0n) is 9.78. The first-order chi connectivity index (χ1) is 7.27. The molecular formula is C12H24N2O. The Hall–Kier alpha value is -0.120. The van der Waals surface area contributed by atoms with E-state index < -0.39 is 0 Å². The van der Waals surface area contributed by atoms with Crippen LogP contribution in [0.15, 0.2) is 0 Å². The van der Waals surface area contributed by atoms with Crippen molar-refractivity contribution < 1.29 is 5.11 Å². The molecule has 0 aromatic carbocycles. The van der Waals surface area contributed by atoms with Crippen molar-refractivity contribution in [1.29, 1.82) is 0 Å². The molecule has 3 nitrogen and oxygen atoms in total. The Morgan fingerprint density at radius 3 is 2.80 bits per heavy atom. The summed E-state index contributed by atoms with van der Waals surface area (Å²) in [6.45, 7) is 3.06. The van der Waals surface area contributed by atoms with E-state index in [4.69, 9.17) is 0 Å². The molecule has 2 aliphatic rings. The van der Waals surface area contributed by atoms with E-state index in [0.717, 1.165) is 13.1 Å². The van der Waals surface area contributed by atoms with Gasteiger partial charge in [-0.3, -0.25) is 0 Å². The highest BCUT2D eigenvalue weighted by Crippen LogP contribution is 2.32. The molecule has 15 heavy (non-hydrogen) atoms. The quantitative estimate of drug-likeness (QED) is 0.708. The van der Waals surface area contributed by atoms with E-state index in [1.54, 1.807) is 0 Å². The van der Waals surface area contributed by atoms with Crippen LogP contribution in [-0.4, -0.2) is 48.8 Å². The molecule has 1 saturated carbocycles. The Labute approximate surface area is 92.8 Å². The minimum absolute atomic E-state index is 0.0982. The van der Waals surface area contributed by atoms with Crippen molar-refractivity contribution >= 4 is 0 Å². The van der Waals surface area contributed by atoms with E-state index in [1.807, 2.05) is 0 Å². The van der Waals surface area contributed by atoms with E-state index >= 15 is 0 Å². The van der Waals surface area contributed by atoms with Gasteiger partial charge in [0.1, 0.15) is 0 Å². The predicted octanol–water partition coefficient (Wildman–Crippen LogP) is 0.831. The fraction of sp³-hybridized carbons (Fsp3) is 1.00. The third-order valence-electron chi connectivity index (χ3n) is 3.82. The molecule has 1 aliphatic heterocycles. The second-order valence-electron chi connectivity index (χ2n) is 5.19. The number of hydrogen-bond donors (Lipinski definition) is 2. The number of aliphatic hydroxyl groups is 1. The molecule has 0 amide bonds. The van der Waals surface area contributed by atoms with Gasteiger partial charge in [0.2, 0.25) is 0 Å². The molecule has 2 unspecified atom stereocenters. The first-order valence-electron chi connectivity index (χ1n) is 6.36. The van der Waals surface area contributed by atoms with Crippen LogP contribution < -0.4 is 5.32 Å². The van der Waals surface area contributed by atoms with Gasteiger partial charge in [-0.15, -0.1) is 0 Å². The summed E-state index contributed by atoms with van der Waals surface area (Å²) in [7, 11) is 2.21. The Kier molecular flexibility index (Phi) is 4.00. The van der Waals surface area contributed by atoms with Gasteiger partial charge in [-0.05, 0) is 45.2 Å². The summed E-state index contributed by atoms with van der Waals surface area (Å²) in [6, 6.07) is 0.685. The van der Waals surface area contributed by atoms with E-state index in [0.29, 0.717) is 12.0 Å². The van der Waals surface area contributed by atoms with Crippen LogP contribution in [-0.2, 0) is 0 Å². The van der Waals surface area contributed by atoms with Crippen molar-refractivity contribution in [2.24, 2.45) is 5.92 Å². The summed E-state index contributed by atoms with van der Waals surface area (Å²) in [5, 5.41) is 13.1. The molecule has 1 saturated heterocycles. The Morgan fingerprint density at radius 2 is 2.13 bits per heavy atom. The summed E-state index contributed by atoms with van der Waals surface area (Å²) < 4.78 is 0. The Morgan fingerprint density at radius 1 is 1.33 bits per heavy atom. The van der Waals surface area contributed by atoms with E-state index in [1.165, 1.54) is 38.6 Å². The van der Waals surface area contributed by atoms with Crippen LogP contribution in [0.5, 0.6) is 0 Å². The highest BCUT2D eigenvalue weighted by molar-refractivity contribution is 4.83. The highest BCUT2D eigenvalue weighted by atomic mass is 16.3. The fourth-order valence-corrected chi connectivity index (χ4v) is 2.45. The molecule has 0 spiro atoms. The molecule has 3 heteroatoms. The Balaban J connectivity index is 1.59. The van der Waals surface area contributed by atoms with Crippen LogP contribution in [0.1, 0.15) is 32.1 Å². The standard InChI is InChI=1S/C12H24N2O/c1-14-7-3-2-4-11(14)8-13-9-12(15)10-5-6-10/h10-13,15H,2-9H2,1H3. The lowest BCUT2D eigenvalue weighted by molar-refractivity contribution is 0.136. The smallest absolute Gasteiger partial charge is 0.0692 e. The zero-order valence-corrected chi connectivity index (χ0v) is 9.78. The van der Waals surface area contributed by atoms with E-state index in [2.05, 4.69) is 17.3 Å². The molecule has 0 bridgehead atoms. The summed E-state index contributed by atoms with van der Waals surface area (Å²) >= 11 is 0. The average Bonchev–Trinajstić information content (AvgIpc) is 3.04. The summed E-state index contributed by atoms with van der Waals surface area (Å²) in [5.41, 5.74) is 0. The van der Waals surface area contributed by atoms with Crippen molar-refractivity contribution in [1.82, 2.24) is 10.2 Å². The van der Waals surface area contributed by atoms with Gasteiger partial charge >= 0.3 is 0 Å². The number of aliphatic hydroxyl groups excluding tert-OH is 1. The normalized spacial score (nSPS) is 30.4. The number of likely N-dealkylation sites (tertiary alicyclic amines) is 1. The molecule has 2 atom stereocenters. The van der Waals surface area contributed by atoms with Crippen LogP contribution in [0.25, 0.3) is 0 Å². The van der Waals surface area contributed by atoms with Crippen molar-refractivity contribution in [3.05, 3.63) is 0 Å². The van der Waals surface area contributed by atoms with Crippen LogP contribution in [0, 0.1) is 5.92 Å². The second kappa shape index (κ2) is 5.28. The largest absolute Gasteiger partial charge is 0.392 e. The molecule has 2 rings (SSSR count).